The first-order chi connectivity index (χ1) is 5.74. The highest BCUT2D eigenvalue weighted by Gasteiger charge is 2.00. The predicted octanol–water partition coefficient (Wildman–Crippen LogP) is 1.86. The molecule has 70 valence electrons. The summed E-state index contributed by atoms with van der Waals surface area (Å²) in [5.41, 5.74) is 0. The maximum atomic E-state index is 10.9. The number of esters is 1. The fourth-order valence-electron chi connectivity index (χ4n) is 0.620. The molecule has 0 rings (SSSR count). The molecule has 0 aliphatic rings. The first-order valence-electron chi connectivity index (χ1n) is 3.80. The van der Waals surface area contributed by atoms with Crippen LogP contribution in [0.2, 0.25) is 0 Å². The van der Waals surface area contributed by atoms with Gasteiger partial charge in [0.05, 0.1) is 24.6 Å². The van der Waals surface area contributed by atoms with Crippen molar-refractivity contribution in [3.63, 3.8) is 0 Å². The molecule has 0 N–H and O–H groups in total. The van der Waals surface area contributed by atoms with Crippen molar-refractivity contribution in [1.29, 1.82) is 0 Å². The molecule has 0 aromatic heterocycles. The zero-order valence-electron chi connectivity index (χ0n) is 7.30. The molecule has 0 saturated carbocycles. The Bertz CT molecular complexity index is 166. The lowest BCUT2D eigenvalue weighted by Crippen LogP contribution is -2.03. The monoisotopic (exact) mass is 236 g/mol. The Morgan fingerprint density at radius 3 is 2.33 bits per heavy atom. The highest BCUT2D eigenvalue weighted by Crippen LogP contribution is 2.02. The molecule has 0 aliphatic heterocycles. The Hall–Kier alpha value is -0.510. The van der Waals surface area contributed by atoms with Crippen LogP contribution in [-0.2, 0) is 14.3 Å². The molecule has 3 nitrogen and oxygen atoms in total. The van der Waals surface area contributed by atoms with Crippen molar-refractivity contribution in [1.82, 2.24) is 0 Å². The largest absolute Gasteiger partial charge is 0.497 e. The number of halogens is 1. The third kappa shape index (κ3) is 5.18. The first-order valence-corrected chi connectivity index (χ1v) is 4.92. The molecular weight excluding hydrogens is 224 g/mol. The Balaban J connectivity index is 3.98. The third-order valence-electron chi connectivity index (χ3n) is 1.03. The smallest absolute Gasteiger partial charge is 0.334 e. The summed E-state index contributed by atoms with van der Waals surface area (Å²) in [6.45, 7) is 4.57. The van der Waals surface area contributed by atoms with Gasteiger partial charge in [0, 0.05) is 0 Å². The summed E-state index contributed by atoms with van der Waals surface area (Å²) in [7, 11) is 0. The lowest BCUT2D eigenvalue weighted by atomic mass is 10.5. The van der Waals surface area contributed by atoms with Crippen LogP contribution in [0, 0.1) is 0 Å². The molecule has 0 atom stereocenters. The fraction of sp³-hybridized carbons (Fsp3) is 0.625. The molecule has 4 heteroatoms. The summed E-state index contributed by atoms with van der Waals surface area (Å²) >= 11 is 3.20. The number of hydrogen-bond donors (Lipinski definition) is 0. The Morgan fingerprint density at radius 2 is 1.92 bits per heavy atom. The average molecular weight is 237 g/mol. The number of alkyl halides is 1. The van der Waals surface area contributed by atoms with Crippen LogP contribution in [0.15, 0.2) is 11.8 Å². The first kappa shape index (κ1) is 11.5. The van der Waals surface area contributed by atoms with Gasteiger partial charge in [-0.1, -0.05) is 15.9 Å². The van der Waals surface area contributed by atoms with Crippen LogP contribution >= 0.6 is 15.9 Å². The minimum atomic E-state index is -0.361. The standard InChI is InChI=1S/C8H13BrO3/c1-3-11-7(6-9)5-8(10)12-4-2/h5H,3-4,6H2,1-2H3/b7-5-. The molecule has 0 spiro atoms. The van der Waals surface area contributed by atoms with Crippen molar-refractivity contribution < 1.29 is 14.3 Å². The Labute approximate surface area is 80.9 Å². The van der Waals surface area contributed by atoms with Gasteiger partial charge in [0.15, 0.2) is 0 Å². The van der Waals surface area contributed by atoms with Gasteiger partial charge in [-0.15, -0.1) is 0 Å². The molecule has 0 saturated heterocycles. The number of carbonyl (C=O) groups is 1. The van der Waals surface area contributed by atoms with E-state index in [-0.39, 0.29) is 5.97 Å². The van der Waals surface area contributed by atoms with Gasteiger partial charge < -0.3 is 9.47 Å². The number of ether oxygens (including phenoxy) is 2. The van der Waals surface area contributed by atoms with Crippen molar-refractivity contribution in [2.75, 3.05) is 18.5 Å². The molecule has 0 unspecified atom stereocenters. The molecule has 0 aliphatic carbocycles. The van der Waals surface area contributed by atoms with Crippen molar-refractivity contribution >= 4 is 21.9 Å². The summed E-state index contributed by atoms with van der Waals surface area (Å²) in [4.78, 5) is 10.9. The van der Waals surface area contributed by atoms with Crippen molar-refractivity contribution in [3.05, 3.63) is 11.8 Å². The van der Waals surface area contributed by atoms with Crippen LogP contribution in [0.4, 0.5) is 0 Å². The zero-order chi connectivity index (χ0) is 9.40. The molecule has 0 aromatic carbocycles. The van der Waals surface area contributed by atoms with Gasteiger partial charge in [-0.3, -0.25) is 0 Å². The van der Waals surface area contributed by atoms with E-state index in [0.29, 0.717) is 24.3 Å². The van der Waals surface area contributed by atoms with Gasteiger partial charge in [0.1, 0.15) is 5.76 Å². The van der Waals surface area contributed by atoms with Gasteiger partial charge in [-0.25, -0.2) is 4.79 Å². The van der Waals surface area contributed by atoms with Gasteiger partial charge in [0.2, 0.25) is 0 Å². The minimum Gasteiger partial charge on any atom is -0.497 e. The van der Waals surface area contributed by atoms with E-state index in [0.717, 1.165) is 0 Å². The number of rotatable bonds is 5. The molecule has 0 fully saturated rings. The van der Waals surface area contributed by atoms with Crippen molar-refractivity contribution in [2.24, 2.45) is 0 Å². The van der Waals surface area contributed by atoms with Crippen LogP contribution < -0.4 is 0 Å². The van der Waals surface area contributed by atoms with E-state index in [2.05, 4.69) is 15.9 Å². The summed E-state index contributed by atoms with van der Waals surface area (Å²) in [5, 5.41) is 0.527. The average Bonchev–Trinajstić information content (AvgIpc) is 2.04. The van der Waals surface area contributed by atoms with Crippen LogP contribution in [0.25, 0.3) is 0 Å². The van der Waals surface area contributed by atoms with E-state index in [4.69, 9.17) is 9.47 Å². The molecule has 0 radical (unpaired) electrons. The van der Waals surface area contributed by atoms with E-state index < -0.39 is 0 Å². The van der Waals surface area contributed by atoms with E-state index >= 15 is 0 Å². The summed E-state index contributed by atoms with van der Waals surface area (Å²) in [6, 6.07) is 0. The van der Waals surface area contributed by atoms with Gasteiger partial charge >= 0.3 is 5.97 Å². The number of carbonyl (C=O) groups excluding carboxylic acids is 1. The zero-order valence-corrected chi connectivity index (χ0v) is 8.89. The van der Waals surface area contributed by atoms with Crippen molar-refractivity contribution in [3.8, 4) is 0 Å². The summed E-state index contributed by atoms with van der Waals surface area (Å²) in [5.74, 6) is 0.233. The number of allylic oxidation sites excluding steroid dienone is 1. The quantitative estimate of drug-likeness (QED) is 0.317. The number of hydrogen-bond acceptors (Lipinski definition) is 3. The molecule has 0 aromatic rings. The van der Waals surface area contributed by atoms with E-state index in [1.54, 1.807) is 6.92 Å². The van der Waals surface area contributed by atoms with Gasteiger partial charge in [-0.2, -0.15) is 0 Å². The Kier molecular flexibility index (Phi) is 6.85. The highest BCUT2D eigenvalue weighted by molar-refractivity contribution is 9.09. The summed E-state index contributed by atoms with van der Waals surface area (Å²) in [6.07, 6.45) is 1.35. The van der Waals surface area contributed by atoms with Crippen LogP contribution in [0.1, 0.15) is 13.8 Å². The van der Waals surface area contributed by atoms with Gasteiger partial charge in [0.25, 0.3) is 0 Å². The maximum Gasteiger partial charge on any atom is 0.334 e. The third-order valence-corrected chi connectivity index (χ3v) is 1.58. The van der Waals surface area contributed by atoms with E-state index in [9.17, 15) is 4.79 Å². The van der Waals surface area contributed by atoms with Gasteiger partial charge in [-0.05, 0) is 13.8 Å². The van der Waals surface area contributed by atoms with Crippen LogP contribution in [0.5, 0.6) is 0 Å². The SMILES string of the molecule is CCOC(=O)/C=C(/CBr)OCC. The molecule has 0 amide bonds. The molecule has 0 heterocycles. The Morgan fingerprint density at radius 1 is 1.33 bits per heavy atom. The molecule has 12 heavy (non-hydrogen) atoms. The topological polar surface area (TPSA) is 35.5 Å². The normalized spacial score (nSPS) is 11.1. The second-order valence-corrected chi connectivity index (χ2v) is 2.49. The highest BCUT2D eigenvalue weighted by atomic mass is 79.9. The van der Waals surface area contributed by atoms with Crippen LogP contribution in [0.3, 0.4) is 0 Å². The van der Waals surface area contributed by atoms with E-state index in [1.807, 2.05) is 6.92 Å². The lowest BCUT2D eigenvalue weighted by molar-refractivity contribution is -0.137. The molecule has 0 bridgehead atoms. The fourth-order valence-corrected chi connectivity index (χ4v) is 0.943. The lowest BCUT2D eigenvalue weighted by Gasteiger charge is -2.04. The minimum absolute atomic E-state index is 0.361. The molecular formula is C8H13BrO3. The summed E-state index contributed by atoms with van der Waals surface area (Å²) < 4.78 is 9.83. The van der Waals surface area contributed by atoms with Crippen molar-refractivity contribution in [2.45, 2.75) is 13.8 Å². The maximum absolute atomic E-state index is 10.9. The second-order valence-electron chi connectivity index (χ2n) is 1.93. The van der Waals surface area contributed by atoms with Crippen LogP contribution in [-0.4, -0.2) is 24.5 Å². The van der Waals surface area contributed by atoms with E-state index in [1.165, 1.54) is 6.08 Å². The predicted molar refractivity (Wildman–Crippen MR) is 50.1 cm³/mol. The second kappa shape index (κ2) is 7.16.